The second-order valence-electron chi connectivity index (χ2n) is 4.52. The van der Waals surface area contributed by atoms with E-state index in [0.717, 1.165) is 12.0 Å². The molecule has 0 saturated carbocycles. The molecule has 0 aliphatic rings. The average Bonchev–Trinajstić information content (AvgIpc) is 2.47. The van der Waals surface area contributed by atoms with Gasteiger partial charge in [0.15, 0.2) is 0 Å². The van der Waals surface area contributed by atoms with Gasteiger partial charge in [-0.3, -0.25) is 4.31 Å². The third kappa shape index (κ3) is 2.63. The maximum atomic E-state index is 12.6. The first kappa shape index (κ1) is 14.4. The maximum Gasteiger partial charge on any atom is 0.264 e. The van der Waals surface area contributed by atoms with E-state index < -0.39 is 10.0 Å². The van der Waals surface area contributed by atoms with Crippen LogP contribution in [0.2, 0.25) is 0 Å². The number of rotatable bonds is 4. The van der Waals surface area contributed by atoms with Crippen LogP contribution in [0.4, 0.5) is 11.4 Å². The molecule has 2 N–H and O–H groups in total. The van der Waals surface area contributed by atoms with Crippen molar-refractivity contribution in [1.82, 2.24) is 0 Å². The second kappa shape index (κ2) is 5.54. The Labute approximate surface area is 119 Å². The largest absolute Gasteiger partial charge is 0.398 e. The summed E-state index contributed by atoms with van der Waals surface area (Å²) in [5, 5.41) is 0. The van der Waals surface area contributed by atoms with Gasteiger partial charge in [0.25, 0.3) is 10.0 Å². The highest BCUT2D eigenvalue weighted by Crippen LogP contribution is 2.24. The number of hydrogen-bond acceptors (Lipinski definition) is 3. The predicted molar refractivity (Wildman–Crippen MR) is 82.3 cm³/mol. The molecule has 4 nitrogen and oxygen atoms in total. The lowest BCUT2D eigenvalue weighted by Gasteiger charge is -2.20. The molecule has 5 heteroatoms. The van der Waals surface area contributed by atoms with Gasteiger partial charge in [-0.25, -0.2) is 8.42 Å². The van der Waals surface area contributed by atoms with Gasteiger partial charge in [-0.2, -0.15) is 0 Å². The number of hydrogen-bond donors (Lipinski definition) is 1. The van der Waals surface area contributed by atoms with Crippen LogP contribution in [0.25, 0.3) is 0 Å². The number of benzene rings is 2. The first-order valence-corrected chi connectivity index (χ1v) is 7.83. The van der Waals surface area contributed by atoms with Gasteiger partial charge in [0.1, 0.15) is 0 Å². The van der Waals surface area contributed by atoms with Gasteiger partial charge in [0.05, 0.1) is 10.6 Å². The van der Waals surface area contributed by atoms with Crippen molar-refractivity contribution in [1.29, 1.82) is 0 Å². The zero-order chi connectivity index (χ0) is 14.8. The molecule has 0 aliphatic heterocycles. The van der Waals surface area contributed by atoms with E-state index in [9.17, 15) is 8.42 Å². The highest BCUT2D eigenvalue weighted by Gasteiger charge is 2.21. The van der Waals surface area contributed by atoms with Gasteiger partial charge in [-0.1, -0.05) is 31.2 Å². The average molecular weight is 290 g/mol. The number of nitrogens with two attached hydrogens (primary N) is 1. The van der Waals surface area contributed by atoms with Gasteiger partial charge >= 0.3 is 0 Å². The van der Waals surface area contributed by atoms with E-state index in [1.54, 1.807) is 36.4 Å². The van der Waals surface area contributed by atoms with E-state index in [-0.39, 0.29) is 4.90 Å². The molecule has 2 aromatic rings. The number of para-hydroxylation sites is 1. The second-order valence-corrected chi connectivity index (χ2v) is 6.49. The lowest BCUT2D eigenvalue weighted by molar-refractivity contribution is 0.594. The minimum Gasteiger partial charge on any atom is -0.398 e. The predicted octanol–water partition coefficient (Wildman–Crippen LogP) is 2.66. The smallest absolute Gasteiger partial charge is 0.264 e. The van der Waals surface area contributed by atoms with Gasteiger partial charge < -0.3 is 5.73 Å². The van der Waals surface area contributed by atoms with E-state index in [2.05, 4.69) is 0 Å². The van der Waals surface area contributed by atoms with Crippen LogP contribution < -0.4 is 10.0 Å². The summed E-state index contributed by atoms with van der Waals surface area (Å²) in [6, 6.07) is 13.8. The SMILES string of the molecule is CCc1ccc(S(=O)(=O)N(C)c2ccccc2)cc1N. The molecule has 20 heavy (non-hydrogen) atoms. The molecular weight excluding hydrogens is 272 g/mol. The highest BCUT2D eigenvalue weighted by atomic mass is 32.2. The maximum absolute atomic E-state index is 12.6. The number of aryl methyl sites for hydroxylation is 1. The molecule has 0 heterocycles. The first-order chi connectivity index (χ1) is 9.46. The van der Waals surface area contributed by atoms with E-state index >= 15 is 0 Å². The zero-order valence-corrected chi connectivity index (χ0v) is 12.4. The minimum atomic E-state index is -3.59. The standard InChI is InChI=1S/C15H18N2O2S/c1-3-12-9-10-14(11-15(12)16)20(18,19)17(2)13-7-5-4-6-8-13/h4-11H,3,16H2,1-2H3. The van der Waals surface area contributed by atoms with Crippen molar-refractivity contribution in [2.75, 3.05) is 17.1 Å². The molecule has 2 rings (SSSR count). The monoisotopic (exact) mass is 290 g/mol. The third-order valence-corrected chi connectivity index (χ3v) is 5.06. The summed E-state index contributed by atoms with van der Waals surface area (Å²) < 4.78 is 26.4. The van der Waals surface area contributed by atoms with Crippen molar-refractivity contribution in [3.8, 4) is 0 Å². The number of sulfonamides is 1. The summed E-state index contributed by atoms with van der Waals surface area (Å²) in [6.07, 6.45) is 0.778. The first-order valence-electron chi connectivity index (χ1n) is 6.39. The topological polar surface area (TPSA) is 63.4 Å². The third-order valence-electron chi connectivity index (χ3n) is 3.28. The molecule has 0 radical (unpaired) electrons. The van der Waals surface area contributed by atoms with Crippen LogP contribution in [-0.4, -0.2) is 15.5 Å². The number of anilines is 2. The van der Waals surface area contributed by atoms with E-state index in [0.29, 0.717) is 11.4 Å². The molecule has 0 aliphatic carbocycles. The Morgan fingerprint density at radius 1 is 1.10 bits per heavy atom. The van der Waals surface area contributed by atoms with Gasteiger partial charge in [0, 0.05) is 12.7 Å². The quantitative estimate of drug-likeness (QED) is 0.880. The Balaban J connectivity index is 2.43. The molecule has 0 atom stereocenters. The van der Waals surface area contributed by atoms with Crippen LogP contribution >= 0.6 is 0 Å². The van der Waals surface area contributed by atoms with Crippen molar-refractivity contribution in [3.63, 3.8) is 0 Å². The lowest BCUT2D eigenvalue weighted by atomic mass is 10.1. The van der Waals surface area contributed by atoms with Gasteiger partial charge in [-0.05, 0) is 36.2 Å². The molecule has 0 aromatic heterocycles. The Morgan fingerprint density at radius 2 is 1.75 bits per heavy atom. The van der Waals surface area contributed by atoms with Crippen molar-refractivity contribution in [2.24, 2.45) is 0 Å². The van der Waals surface area contributed by atoms with Crippen molar-refractivity contribution >= 4 is 21.4 Å². The van der Waals surface area contributed by atoms with Crippen LogP contribution in [-0.2, 0) is 16.4 Å². The van der Waals surface area contributed by atoms with E-state index in [4.69, 9.17) is 5.73 Å². The highest BCUT2D eigenvalue weighted by molar-refractivity contribution is 7.92. The summed E-state index contributed by atoms with van der Waals surface area (Å²) in [5.41, 5.74) is 7.96. The van der Waals surface area contributed by atoms with Crippen LogP contribution in [0.1, 0.15) is 12.5 Å². The molecule has 0 amide bonds. The fourth-order valence-corrected chi connectivity index (χ4v) is 3.22. The summed E-state index contributed by atoms with van der Waals surface area (Å²) in [5.74, 6) is 0. The van der Waals surface area contributed by atoms with Crippen molar-refractivity contribution in [3.05, 3.63) is 54.1 Å². The molecule has 0 fully saturated rings. The van der Waals surface area contributed by atoms with Crippen LogP contribution in [0.5, 0.6) is 0 Å². The molecule has 2 aromatic carbocycles. The number of nitrogens with zero attached hydrogens (tertiary/aromatic N) is 1. The summed E-state index contributed by atoms with van der Waals surface area (Å²) in [4.78, 5) is 0.207. The summed E-state index contributed by atoms with van der Waals surface area (Å²) in [7, 11) is -2.05. The van der Waals surface area contributed by atoms with Gasteiger partial charge in [-0.15, -0.1) is 0 Å². The lowest BCUT2D eigenvalue weighted by Crippen LogP contribution is -2.26. The fourth-order valence-electron chi connectivity index (χ4n) is 1.99. The summed E-state index contributed by atoms with van der Waals surface area (Å²) >= 11 is 0. The summed E-state index contributed by atoms with van der Waals surface area (Å²) in [6.45, 7) is 1.98. The Bertz CT molecular complexity index is 697. The molecule has 0 spiro atoms. The van der Waals surface area contributed by atoms with Gasteiger partial charge in [0.2, 0.25) is 0 Å². The Morgan fingerprint density at radius 3 is 2.30 bits per heavy atom. The molecule has 106 valence electrons. The van der Waals surface area contributed by atoms with E-state index in [1.165, 1.54) is 17.4 Å². The Hall–Kier alpha value is -2.01. The fraction of sp³-hybridized carbons (Fsp3) is 0.200. The molecule has 0 bridgehead atoms. The van der Waals surface area contributed by atoms with Crippen LogP contribution in [0.3, 0.4) is 0 Å². The van der Waals surface area contributed by atoms with Crippen molar-refractivity contribution < 1.29 is 8.42 Å². The van der Waals surface area contributed by atoms with Crippen molar-refractivity contribution in [2.45, 2.75) is 18.2 Å². The normalized spacial score (nSPS) is 11.3. The zero-order valence-electron chi connectivity index (χ0n) is 11.6. The van der Waals surface area contributed by atoms with Crippen LogP contribution in [0.15, 0.2) is 53.4 Å². The minimum absolute atomic E-state index is 0.207. The van der Waals surface area contributed by atoms with E-state index in [1.807, 2.05) is 13.0 Å². The number of nitrogen functional groups attached to an aromatic ring is 1. The Kier molecular flexibility index (Phi) is 3.99. The molecule has 0 unspecified atom stereocenters. The molecule has 0 saturated heterocycles. The molecular formula is C15H18N2O2S. The van der Waals surface area contributed by atoms with Crippen LogP contribution in [0, 0.1) is 0 Å².